The third kappa shape index (κ3) is 8.48. The van der Waals surface area contributed by atoms with Gasteiger partial charge in [0.15, 0.2) is 23.1 Å². The van der Waals surface area contributed by atoms with Crippen LogP contribution in [-0.2, 0) is 11.2 Å². The number of anilines is 2. The van der Waals surface area contributed by atoms with Crippen LogP contribution in [0.15, 0.2) is 41.7 Å². The Bertz CT molecular complexity index is 1340. The first-order valence-electron chi connectivity index (χ1n) is 12.6. The zero-order valence-electron chi connectivity index (χ0n) is 22.2. The average Bonchev–Trinajstić information content (AvgIpc) is 2.93. The van der Waals surface area contributed by atoms with Gasteiger partial charge in [-0.2, -0.15) is 4.98 Å². The summed E-state index contributed by atoms with van der Waals surface area (Å²) < 4.78 is 59.6. The Kier molecular flexibility index (Phi) is 10.7. The van der Waals surface area contributed by atoms with Crippen molar-refractivity contribution < 1.29 is 31.9 Å². The van der Waals surface area contributed by atoms with Crippen LogP contribution < -0.4 is 26.8 Å². The van der Waals surface area contributed by atoms with Gasteiger partial charge in [0.05, 0.1) is 24.0 Å². The molecule has 1 aliphatic heterocycles. The fourth-order valence-electron chi connectivity index (χ4n) is 3.90. The lowest BCUT2D eigenvalue weighted by Gasteiger charge is -2.29. The zero-order chi connectivity index (χ0) is 30.1. The van der Waals surface area contributed by atoms with Crippen LogP contribution >= 0.6 is 0 Å². The number of nitrogens with zero attached hydrogens (tertiary/aromatic N) is 4. The van der Waals surface area contributed by atoms with Crippen molar-refractivity contribution in [3.8, 4) is 11.6 Å². The minimum absolute atomic E-state index is 0.132. The van der Waals surface area contributed by atoms with E-state index in [1.165, 1.54) is 6.21 Å². The van der Waals surface area contributed by atoms with Crippen LogP contribution in [0.2, 0.25) is 0 Å². The summed E-state index contributed by atoms with van der Waals surface area (Å²) in [5, 5.41) is 5.00. The second kappa shape index (κ2) is 14.2. The predicted molar refractivity (Wildman–Crippen MR) is 145 cm³/mol. The molecule has 1 aromatic carbocycles. The lowest BCUT2D eigenvalue weighted by Crippen LogP contribution is -2.38. The molecule has 1 fully saturated rings. The van der Waals surface area contributed by atoms with Crippen molar-refractivity contribution in [1.29, 1.82) is 0 Å². The molecule has 15 heteroatoms. The molecule has 3 rings (SSSR count). The molecule has 2 amide bonds. The van der Waals surface area contributed by atoms with Crippen LogP contribution in [0.3, 0.4) is 0 Å². The normalized spacial score (nSPS) is 14.8. The molecule has 2 heterocycles. The third-order valence-corrected chi connectivity index (χ3v) is 5.99. The highest BCUT2D eigenvalue weighted by molar-refractivity contribution is 5.99. The number of aromatic nitrogens is 2. The highest BCUT2D eigenvalue weighted by atomic mass is 19.3. The van der Waals surface area contributed by atoms with Gasteiger partial charge in [-0.25, -0.2) is 22.5 Å². The SMILES string of the molecule is C=CC(=O)Nc1cc(Oc2nc(NC(C=NC3CCN(CC(F)F)CC3)=CN)c(C(N)=O)nc2CC)c(F)cc1F. The fraction of sp³-hybridized carbons (Fsp3) is 0.346. The average molecular weight is 579 g/mol. The summed E-state index contributed by atoms with van der Waals surface area (Å²) in [5.74, 6) is -4.69. The van der Waals surface area contributed by atoms with Crippen molar-refractivity contribution in [2.75, 3.05) is 30.3 Å². The van der Waals surface area contributed by atoms with E-state index < -0.39 is 35.6 Å². The summed E-state index contributed by atoms with van der Waals surface area (Å²) in [6.45, 7) is 5.61. The number of hydrogen-bond donors (Lipinski definition) is 4. The maximum atomic E-state index is 14.6. The van der Waals surface area contributed by atoms with Gasteiger partial charge in [0, 0.05) is 37.6 Å². The number of aliphatic imine (C=N–C) groups is 1. The molecule has 0 saturated carbocycles. The summed E-state index contributed by atoms with van der Waals surface area (Å²) in [6, 6.07) is 1.31. The number of primary amides is 1. The molecular formula is C26H30F4N8O3. The van der Waals surface area contributed by atoms with Gasteiger partial charge in [0.2, 0.25) is 11.8 Å². The Morgan fingerprint density at radius 1 is 1.22 bits per heavy atom. The molecule has 0 spiro atoms. The van der Waals surface area contributed by atoms with E-state index in [0.717, 1.165) is 18.3 Å². The minimum Gasteiger partial charge on any atom is -0.434 e. The number of nitrogens with one attached hydrogen (secondary N) is 2. The Hall–Kier alpha value is -4.53. The number of likely N-dealkylation sites (tertiary alicyclic amines) is 1. The lowest BCUT2D eigenvalue weighted by atomic mass is 10.1. The second-order valence-corrected chi connectivity index (χ2v) is 8.90. The van der Waals surface area contributed by atoms with E-state index in [-0.39, 0.29) is 53.5 Å². The largest absolute Gasteiger partial charge is 0.434 e. The van der Waals surface area contributed by atoms with Crippen LogP contribution in [-0.4, -0.2) is 65.0 Å². The maximum Gasteiger partial charge on any atom is 0.271 e. The van der Waals surface area contributed by atoms with E-state index in [9.17, 15) is 27.2 Å². The molecule has 2 aromatic rings. The van der Waals surface area contributed by atoms with E-state index in [4.69, 9.17) is 16.2 Å². The maximum absolute atomic E-state index is 14.6. The number of ether oxygens (including phenoxy) is 1. The molecular weight excluding hydrogens is 548 g/mol. The van der Waals surface area contributed by atoms with Crippen LogP contribution in [0.4, 0.5) is 29.1 Å². The van der Waals surface area contributed by atoms with E-state index >= 15 is 0 Å². The minimum atomic E-state index is -2.40. The van der Waals surface area contributed by atoms with Crippen molar-refractivity contribution in [3.63, 3.8) is 0 Å². The highest BCUT2D eigenvalue weighted by Crippen LogP contribution is 2.32. The number of nitrogens with two attached hydrogens (primary N) is 2. The number of hydrogen-bond acceptors (Lipinski definition) is 9. The fourth-order valence-corrected chi connectivity index (χ4v) is 3.90. The Labute approximate surface area is 233 Å². The van der Waals surface area contributed by atoms with Gasteiger partial charge in [-0.15, -0.1) is 0 Å². The van der Waals surface area contributed by atoms with Crippen molar-refractivity contribution in [2.24, 2.45) is 16.5 Å². The first-order valence-corrected chi connectivity index (χ1v) is 12.6. The monoisotopic (exact) mass is 578 g/mol. The molecule has 0 bridgehead atoms. The lowest BCUT2D eigenvalue weighted by molar-refractivity contribution is -0.111. The number of carbonyl (C=O) groups is 2. The molecule has 1 aliphatic rings. The summed E-state index contributed by atoms with van der Waals surface area (Å²) in [4.78, 5) is 38.3. The number of aryl methyl sites for hydroxylation is 1. The number of allylic oxidation sites excluding steroid dienone is 1. The number of amides is 2. The molecule has 6 N–H and O–H groups in total. The Morgan fingerprint density at radius 2 is 1.93 bits per heavy atom. The molecule has 1 saturated heterocycles. The quantitative estimate of drug-likeness (QED) is 0.169. The third-order valence-electron chi connectivity index (χ3n) is 5.99. The van der Waals surface area contributed by atoms with Crippen LogP contribution in [0.5, 0.6) is 11.6 Å². The standard InChI is InChI=1S/C26H30F4N8O3/c1-3-18-26(41-20-10-19(35-22(39)4-2)16(27)9-17(20)28)37-25(23(36-18)24(32)40)34-15(11-31)12-33-14-5-7-38(8-6-14)13-21(29)30/h4,9-12,14,21H,2-3,5-8,13,31H2,1H3,(H2,32,40)(H,34,37)(H,35,39). The zero-order valence-corrected chi connectivity index (χ0v) is 22.2. The van der Waals surface area contributed by atoms with Crippen LogP contribution in [0, 0.1) is 11.6 Å². The van der Waals surface area contributed by atoms with Gasteiger partial charge in [0.25, 0.3) is 12.3 Å². The van der Waals surface area contributed by atoms with Crippen molar-refractivity contribution in [3.05, 3.63) is 59.7 Å². The van der Waals surface area contributed by atoms with E-state index in [2.05, 4.69) is 32.2 Å². The topological polar surface area (TPSA) is 161 Å². The predicted octanol–water partition coefficient (Wildman–Crippen LogP) is 3.35. The number of rotatable bonds is 12. The first kappa shape index (κ1) is 31.0. The molecule has 0 atom stereocenters. The van der Waals surface area contributed by atoms with E-state index in [0.29, 0.717) is 32.0 Å². The number of halogens is 4. The molecule has 0 aliphatic carbocycles. The Morgan fingerprint density at radius 3 is 2.51 bits per heavy atom. The number of piperidine rings is 1. The van der Waals surface area contributed by atoms with Crippen molar-refractivity contribution in [1.82, 2.24) is 14.9 Å². The van der Waals surface area contributed by atoms with E-state index in [1.54, 1.807) is 11.8 Å². The number of alkyl halides is 2. The van der Waals surface area contributed by atoms with Gasteiger partial charge in [-0.05, 0) is 25.3 Å². The molecule has 0 radical (unpaired) electrons. The smallest absolute Gasteiger partial charge is 0.271 e. The van der Waals surface area contributed by atoms with Crippen molar-refractivity contribution in [2.45, 2.75) is 38.7 Å². The molecule has 1 aromatic heterocycles. The molecule has 0 unspecified atom stereocenters. The van der Waals surface area contributed by atoms with Gasteiger partial charge in [-0.1, -0.05) is 13.5 Å². The van der Waals surface area contributed by atoms with Gasteiger partial charge in [-0.3, -0.25) is 19.5 Å². The van der Waals surface area contributed by atoms with Crippen LogP contribution in [0.25, 0.3) is 0 Å². The van der Waals surface area contributed by atoms with Gasteiger partial charge >= 0.3 is 0 Å². The number of carbonyl (C=O) groups excluding carboxylic acids is 2. The summed E-state index contributed by atoms with van der Waals surface area (Å²) in [5.41, 5.74) is 10.9. The van der Waals surface area contributed by atoms with Crippen LogP contribution in [0.1, 0.15) is 35.9 Å². The molecule has 41 heavy (non-hydrogen) atoms. The summed E-state index contributed by atoms with van der Waals surface area (Å²) in [7, 11) is 0. The molecule has 220 valence electrons. The number of benzene rings is 1. The Balaban J connectivity index is 1.86. The molecule has 11 nitrogen and oxygen atoms in total. The summed E-state index contributed by atoms with van der Waals surface area (Å²) >= 11 is 0. The first-order chi connectivity index (χ1) is 19.5. The summed E-state index contributed by atoms with van der Waals surface area (Å²) in [6.07, 6.45) is 2.39. The van der Waals surface area contributed by atoms with Gasteiger partial charge < -0.3 is 26.8 Å². The van der Waals surface area contributed by atoms with Gasteiger partial charge in [0.1, 0.15) is 11.5 Å². The second-order valence-electron chi connectivity index (χ2n) is 8.90. The highest BCUT2D eigenvalue weighted by Gasteiger charge is 2.23. The van der Waals surface area contributed by atoms with E-state index in [1.807, 2.05) is 0 Å². The van der Waals surface area contributed by atoms with Crippen molar-refractivity contribution >= 4 is 29.5 Å².